The van der Waals surface area contributed by atoms with E-state index in [0.29, 0.717) is 29.0 Å². The summed E-state index contributed by atoms with van der Waals surface area (Å²) in [4.78, 5) is 17.9. The van der Waals surface area contributed by atoms with Gasteiger partial charge in [-0.2, -0.15) is 18.4 Å². The number of benzene rings is 3. The molecule has 0 fully saturated rings. The molecule has 0 aliphatic rings. The van der Waals surface area contributed by atoms with Gasteiger partial charge >= 0.3 is 11.9 Å². The number of alkyl halides is 3. The van der Waals surface area contributed by atoms with Crippen LogP contribution in [0.1, 0.15) is 28.1 Å². The van der Waals surface area contributed by atoms with E-state index in [-0.39, 0.29) is 16.3 Å². The van der Waals surface area contributed by atoms with Crippen molar-refractivity contribution in [1.29, 1.82) is 5.26 Å². The number of aromatic nitrogens is 2. The number of hydrogen-bond donors (Lipinski definition) is 1. The molecule has 0 radical (unpaired) electrons. The van der Waals surface area contributed by atoms with Gasteiger partial charge < -0.3 is 9.72 Å². The number of H-pyrrole nitrogens is 1. The number of rotatable bonds is 5. The molecule has 0 aliphatic heterocycles. The highest BCUT2D eigenvalue weighted by atomic mass is 35.5. The number of nitrogens with one attached hydrogen (secondary N) is 1. The molecule has 0 atom stereocenters. The van der Waals surface area contributed by atoms with Crippen LogP contribution < -0.4 is 4.74 Å². The third kappa shape index (κ3) is 5.01. The largest absolute Gasteiger partial charge is 0.449 e. The second-order valence-electron chi connectivity index (χ2n) is 7.94. The molecule has 182 valence electrons. The number of nitro groups is 1. The lowest BCUT2D eigenvalue weighted by Crippen LogP contribution is -2.06. The van der Waals surface area contributed by atoms with Gasteiger partial charge in [0.25, 0.3) is 0 Å². The number of allylic oxidation sites excluding steroid dienone is 1. The summed E-state index contributed by atoms with van der Waals surface area (Å²) in [5, 5.41) is 21.0. The maximum absolute atomic E-state index is 12.9. The Morgan fingerprint density at radius 2 is 1.83 bits per heavy atom. The minimum Gasteiger partial charge on any atom is -0.449 e. The number of imidazole rings is 1. The molecule has 0 spiro atoms. The first-order chi connectivity index (χ1) is 17.0. The van der Waals surface area contributed by atoms with Gasteiger partial charge in [-0.25, -0.2) is 4.98 Å². The summed E-state index contributed by atoms with van der Waals surface area (Å²) < 4.78 is 44.2. The van der Waals surface area contributed by atoms with Crippen molar-refractivity contribution in [3.63, 3.8) is 0 Å². The van der Waals surface area contributed by atoms with E-state index >= 15 is 0 Å². The maximum atomic E-state index is 12.9. The topological polar surface area (TPSA) is 105 Å². The van der Waals surface area contributed by atoms with Gasteiger partial charge in [0.1, 0.15) is 17.6 Å². The number of halogens is 4. The molecule has 3 aromatic carbocycles. The van der Waals surface area contributed by atoms with E-state index in [0.717, 1.165) is 22.7 Å². The Morgan fingerprint density at radius 1 is 1.14 bits per heavy atom. The van der Waals surface area contributed by atoms with E-state index in [1.165, 1.54) is 12.1 Å². The fourth-order valence-electron chi connectivity index (χ4n) is 3.45. The molecule has 0 aliphatic carbocycles. The first-order valence-electron chi connectivity index (χ1n) is 10.4. The molecule has 1 N–H and O–H groups in total. The Bertz CT molecular complexity index is 1550. The Balaban J connectivity index is 1.64. The lowest BCUT2D eigenvalue weighted by atomic mass is 10.1. The quantitative estimate of drug-likeness (QED) is 0.168. The van der Waals surface area contributed by atoms with Crippen molar-refractivity contribution < 1.29 is 22.8 Å². The molecular weight excluding hydrogens is 497 g/mol. The van der Waals surface area contributed by atoms with Gasteiger partial charge in [0.05, 0.1) is 32.1 Å². The molecule has 0 saturated heterocycles. The number of aromatic amines is 1. The van der Waals surface area contributed by atoms with Crippen molar-refractivity contribution >= 4 is 40.0 Å². The van der Waals surface area contributed by atoms with E-state index in [4.69, 9.17) is 16.3 Å². The predicted octanol–water partition coefficient (Wildman–Crippen LogP) is 7.62. The van der Waals surface area contributed by atoms with Crippen LogP contribution in [0.3, 0.4) is 0 Å². The first-order valence-corrected chi connectivity index (χ1v) is 10.8. The molecule has 36 heavy (non-hydrogen) atoms. The van der Waals surface area contributed by atoms with Gasteiger partial charge in [0.15, 0.2) is 0 Å². The van der Waals surface area contributed by atoms with Crippen LogP contribution in [0.5, 0.6) is 11.5 Å². The molecule has 7 nitrogen and oxygen atoms in total. The maximum Gasteiger partial charge on any atom is 0.416 e. The summed E-state index contributed by atoms with van der Waals surface area (Å²) in [6.07, 6.45) is -3.20. The van der Waals surface area contributed by atoms with Crippen LogP contribution in [-0.2, 0) is 6.18 Å². The van der Waals surface area contributed by atoms with Crippen LogP contribution in [-0.4, -0.2) is 14.9 Å². The number of fused-ring (bicyclic) bond motifs is 1. The Labute approximate surface area is 207 Å². The molecule has 0 bridgehead atoms. The van der Waals surface area contributed by atoms with Crippen molar-refractivity contribution in [3.05, 3.63) is 91.7 Å². The zero-order valence-electron chi connectivity index (χ0n) is 18.8. The van der Waals surface area contributed by atoms with Gasteiger partial charge in [0, 0.05) is 6.07 Å². The van der Waals surface area contributed by atoms with Gasteiger partial charge in [-0.15, -0.1) is 0 Å². The molecular formula is C25H16ClF3N4O3. The average Bonchev–Trinajstić information content (AvgIpc) is 3.21. The van der Waals surface area contributed by atoms with E-state index in [1.54, 1.807) is 12.1 Å². The van der Waals surface area contributed by atoms with Gasteiger partial charge in [-0.05, 0) is 73.0 Å². The number of aryl methyl sites for hydroxylation is 2. The van der Waals surface area contributed by atoms with Gasteiger partial charge in [-0.3, -0.25) is 10.1 Å². The summed E-state index contributed by atoms with van der Waals surface area (Å²) in [6, 6.07) is 12.3. The molecule has 0 saturated carbocycles. The number of ether oxygens (including phenoxy) is 1. The Hall–Kier alpha value is -4.36. The third-order valence-electron chi connectivity index (χ3n) is 5.44. The van der Waals surface area contributed by atoms with E-state index in [1.807, 2.05) is 26.0 Å². The van der Waals surface area contributed by atoms with Crippen molar-refractivity contribution in [2.45, 2.75) is 20.0 Å². The minimum atomic E-state index is -4.75. The fourth-order valence-corrected chi connectivity index (χ4v) is 3.68. The molecule has 0 amide bonds. The summed E-state index contributed by atoms with van der Waals surface area (Å²) in [7, 11) is 0. The van der Waals surface area contributed by atoms with Crippen LogP contribution >= 0.6 is 11.6 Å². The molecule has 11 heteroatoms. The van der Waals surface area contributed by atoms with Crippen LogP contribution in [0.2, 0.25) is 5.02 Å². The zero-order valence-corrected chi connectivity index (χ0v) is 19.5. The number of nitro benzene ring substituents is 1. The van der Waals surface area contributed by atoms with E-state index in [2.05, 4.69) is 16.0 Å². The fraction of sp³-hybridized carbons (Fsp3) is 0.120. The van der Waals surface area contributed by atoms with Crippen LogP contribution in [0, 0.1) is 35.3 Å². The Kier molecular flexibility index (Phi) is 6.43. The summed E-state index contributed by atoms with van der Waals surface area (Å²) in [6.45, 7) is 3.94. The summed E-state index contributed by atoms with van der Waals surface area (Å²) >= 11 is 6.28. The van der Waals surface area contributed by atoms with Gasteiger partial charge in [-0.1, -0.05) is 17.7 Å². The average molecular weight is 513 g/mol. The van der Waals surface area contributed by atoms with Crippen molar-refractivity contribution in [1.82, 2.24) is 9.97 Å². The van der Waals surface area contributed by atoms with Crippen LogP contribution in [0.15, 0.2) is 48.5 Å². The predicted molar refractivity (Wildman–Crippen MR) is 129 cm³/mol. The second kappa shape index (κ2) is 9.36. The lowest BCUT2D eigenvalue weighted by molar-refractivity contribution is -0.385. The van der Waals surface area contributed by atoms with Gasteiger partial charge in [0.2, 0.25) is 5.75 Å². The smallest absolute Gasteiger partial charge is 0.416 e. The summed E-state index contributed by atoms with van der Waals surface area (Å²) in [5.41, 5.74) is 2.38. The third-order valence-corrected chi connectivity index (χ3v) is 5.74. The molecule has 4 aromatic rings. The van der Waals surface area contributed by atoms with Crippen molar-refractivity contribution in [3.8, 4) is 17.6 Å². The highest BCUT2D eigenvalue weighted by Crippen LogP contribution is 2.39. The SMILES string of the molecule is Cc1cc2nc(/C(C#N)=C\c3ccc(Oc4ccc(C(F)(F)F)cc4[N+](=O)[O-])c(Cl)c3)[nH]c2cc1C. The van der Waals surface area contributed by atoms with E-state index < -0.39 is 28.1 Å². The molecule has 1 heterocycles. The highest BCUT2D eigenvalue weighted by Gasteiger charge is 2.33. The monoisotopic (exact) mass is 512 g/mol. The number of hydrogen-bond acceptors (Lipinski definition) is 5. The normalized spacial score (nSPS) is 12.0. The minimum absolute atomic E-state index is 0.00938. The second-order valence-corrected chi connectivity index (χ2v) is 8.35. The highest BCUT2D eigenvalue weighted by molar-refractivity contribution is 6.32. The molecule has 0 unspecified atom stereocenters. The summed E-state index contributed by atoms with van der Waals surface area (Å²) in [5.74, 6) is -0.0389. The van der Waals surface area contributed by atoms with Crippen LogP contribution in [0.25, 0.3) is 22.7 Å². The van der Waals surface area contributed by atoms with Crippen molar-refractivity contribution in [2.24, 2.45) is 0 Å². The van der Waals surface area contributed by atoms with E-state index in [9.17, 15) is 28.5 Å². The first kappa shape index (κ1) is 24.8. The molecule has 1 aromatic heterocycles. The lowest BCUT2D eigenvalue weighted by Gasteiger charge is -2.11. The van der Waals surface area contributed by atoms with Crippen molar-refractivity contribution in [2.75, 3.05) is 0 Å². The molecule has 4 rings (SSSR count). The number of nitriles is 1. The standard InChI is InChI=1S/C25H16ClF3N4O3/c1-13-7-19-20(8-14(13)2)32-24(31-19)16(12-30)9-15-3-5-22(18(26)10-15)36-23-6-4-17(25(27,28)29)11-21(23)33(34)35/h3-11H,1-2H3,(H,31,32)/b16-9-. The number of nitrogens with zero attached hydrogens (tertiary/aromatic N) is 3. The van der Waals surface area contributed by atoms with Crippen LogP contribution in [0.4, 0.5) is 18.9 Å². The Morgan fingerprint density at radius 3 is 2.47 bits per heavy atom. The zero-order chi connectivity index (χ0) is 26.2.